The van der Waals surface area contributed by atoms with E-state index in [1.165, 1.54) is 17.8 Å². The van der Waals surface area contributed by atoms with Gasteiger partial charge in [0, 0.05) is 4.90 Å². The van der Waals surface area contributed by atoms with Crippen molar-refractivity contribution >= 4 is 11.8 Å². The molecule has 0 aliphatic rings. The first-order valence-corrected chi connectivity index (χ1v) is 5.87. The van der Waals surface area contributed by atoms with Crippen LogP contribution in [-0.4, -0.2) is 5.25 Å². The maximum absolute atomic E-state index is 13.3. The topological polar surface area (TPSA) is 23.8 Å². The van der Waals surface area contributed by atoms with Crippen molar-refractivity contribution in [2.75, 3.05) is 0 Å². The molecule has 0 bridgehead atoms. The zero-order valence-corrected chi connectivity index (χ0v) is 9.72. The first-order valence-electron chi connectivity index (χ1n) is 4.99. The Morgan fingerprint density at radius 3 is 2.67 bits per heavy atom. The number of rotatable bonds is 4. The zero-order valence-electron chi connectivity index (χ0n) is 8.90. The van der Waals surface area contributed by atoms with E-state index in [2.05, 4.69) is 6.07 Å². The number of thioether (sulfide) groups is 1. The highest BCUT2D eigenvalue weighted by molar-refractivity contribution is 8.00. The third-order valence-corrected chi connectivity index (χ3v) is 3.79. The minimum atomic E-state index is -0.244. The van der Waals surface area contributed by atoms with Crippen LogP contribution >= 0.6 is 11.8 Å². The number of hydrogen-bond acceptors (Lipinski definition) is 2. The normalized spacial score (nSPS) is 14.3. The van der Waals surface area contributed by atoms with Crippen LogP contribution < -0.4 is 0 Å². The maximum Gasteiger partial charge on any atom is 0.136 e. The lowest BCUT2D eigenvalue weighted by Crippen LogP contribution is -2.11. The lowest BCUT2D eigenvalue weighted by Gasteiger charge is -2.15. The third-order valence-electron chi connectivity index (χ3n) is 2.38. The van der Waals surface area contributed by atoms with Crippen LogP contribution in [0.15, 0.2) is 29.2 Å². The molecule has 2 unspecified atom stereocenters. The van der Waals surface area contributed by atoms with Gasteiger partial charge in [-0.15, -0.1) is 11.8 Å². The van der Waals surface area contributed by atoms with Crippen LogP contribution in [0.25, 0.3) is 0 Å². The largest absolute Gasteiger partial charge is 0.206 e. The molecule has 15 heavy (non-hydrogen) atoms. The quantitative estimate of drug-likeness (QED) is 0.724. The molecule has 0 N–H and O–H groups in total. The van der Waals surface area contributed by atoms with Gasteiger partial charge in [-0.3, -0.25) is 0 Å². The van der Waals surface area contributed by atoms with Crippen LogP contribution in [0.4, 0.5) is 4.39 Å². The van der Waals surface area contributed by atoms with Gasteiger partial charge in [-0.1, -0.05) is 32.4 Å². The molecule has 0 heterocycles. The maximum atomic E-state index is 13.3. The first-order chi connectivity index (χ1) is 7.19. The van der Waals surface area contributed by atoms with Crippen LogP contribution in [-0.2, 0) is 0 Å². The van der Waals surface area contributed by atoms with E-state index < -0.39 is 0 Å². The van der Waals surface area contributed by atoms with Gasteiger partial charge in [-0.2, -0.15) is 5.26 Å². The number of halogens is 1. The summed E-state index contributed by atoms with van der Waals surface area (Å²) < 4.78 is 13.3. The Balaban J connectivity index is 2.76. The fourth-order valence-electron chi connectivity index (χ4n) is 1.16. The second kappa shape index (κ2) is 5.77. The Hall–Kier alpha value is -1.01. The average Bonchev–Trinajstić information content (AvgIpc) is 2.27. The van der Waals surface area contributed by atoms with Crippen LogP contribution in [0.2, 0.25) is 0 Å². The van der Waals surface area contributed by atoms with E-state index in [9.17, 15) is 4.39 Å². The van der Waals surface area contributed by atoms with Crippen LogP contribution in [0.5, 0.6) is 0 Å². The van der Waals surface area contributed by atoms with Crippen molar-refractivity contribution in [1.82, 2.24) is 0 Å². The van der Waals surface area contributed by atoms with Gasteiger partial charge >= 0.3 is 0 Å². The Bertz CT molecular complexity index is 359. The first kappa shape index (κ1) is 12.1. The van der Waals surface area contributed by atoms with Crippen LogP contribution in [0.1, 0.15) is 20.3 Å². The van der Waals surface area contributed by atoms with E-state index in [0.717, 1.165) is 6.42 Å². The van der Waals surface area contributed by atoms with E-state index in [1.54, 1.807) is 18.2 Å². The van der Waals surface area contributed by atoms with Crippen molar-refractivity contribution in [1.29, 1.82) is 5.26 Å². The van der Waals surface area contributed by atoms with E-state index in [0.29, 0.717) is 4.90 Å². The molecule has 1 rings (SSSR count). The lowest BCUT2D eigenvalue weighted by molar-refractivity contribution is 0.582. The summed E-state index contributed by atoms with van der Waals surface area (Å²) in [5.41, 5.74) is 0. The minimum Gasteiger partial charge on any atom is -0.206 e. The molecule has 80 valence electrons. The summed E-state index contributed by atoms with van der Waals surface area (Å²) in [7, 11) is 0. The molecule has 1 aromatic carbocycles. The molecule has 0 spiro atoms. The fraction of sp³-hybridized carbons (Fsp3) is 0.417. The molecule has 2 atom stereocenters. The summed E-state index contributed by atoms with van der Waals surface area (Å²) in [4.78, 5) is 0.560. The molecule has 3 heteroatoms. The summed E-state index contributed by atoms with van der Waals surface area (Å²) in [6.45, 7) is 4.05. The van der Waals surface area contributed by atoms with Crippen LogP contribution in [0, 0.1) is 23.1 Å². The average molecular weight is 223 g/mol. The second-order valence-electron chi connectivity index (χ2n) is 3.48. The van der Waals surface area contributed by atoms with Gasteiger partial charge in [0.15, 0.2) is 0 Å². The summed E-state index contributed by atoms with van der Waals surface area (Å²) >= 11 is 1.31. The van der Waals surface area contributed by atoms with Crippen molar-refractivity contribution in [3.63, 3.8) is 0 Å². The van der Waals surface area contributed by atoms with Crippen molar-refractivity contribution in [3.8, 4) is 6.07 Å². The highest BCUT2D eigenvalue weighted by Gasteiger charge is 2.17. The summed E-state index contributed by atoms with van der Waals surface area (Å²) in [5.74, 6) is 0.0330. The highest BCUT2D eigenvalue weighted by atomic mass is 32.2. The molecular weight excluding hydrogens is 209 g/mol. The van der Waals surface area contributed by atoms with Gasteiger partial charge in [0.1, 0.15) is 5.82 Å². The van der Waals surface area contributed by atoms with E-state index in [-0.39, 0.29) is 17.0 Å². The minimum absolute atomic E-state index is 0.174. The molecule has 0 aromatic heterocycles. The van der Waals surface area contributed by atoms with Gasteiger partial charge in [-0.05, 0) is 18.1 Å². The summed E-state index contributed by atoms with van der Waals surface area (Å²) in [5, 5.41) is 8.81. The Morgan fingerprint density at radius 2 is 2.13 bits per heavy atom. The van der Waals surface area contributed by atoms with Crippen molar-refractivity contribution in [2.45, 2.75) is 30.4 Å². The van der Waals surface area contributed by atoms with Gasteiger partial charge in [0.25, 0.3) is 0 Å². The molecule has 0 amide bonds. The van der Waals surface area contributed by atoms with Gasteiger partial charge in [0.05, 0.1) is 11.3 Å². The molecular formula is C12H14FNS. The number of nitrogens with zero attached hydrogens (tertiary/aromatic N) is 1. The molecule has 0 radical (unpaired) electrons. The zero-order chi connectivity index (χ0) is 11.3. The molecule has 0 fully saturated rings. The predicted molar refractivity (Wildman–Crippen MR) is 61.1 cm³/mol. The second-order valence-corrected chi connectivity index (χ2v) is 4.67. The predicted octanol–water partition coefficient (Wildman–Crippen LogP) is 3.86. The highest BCUT2D eigenvalue weighted by Crippen LogP contribution is 2.30. The monoisotopic (exact) mass is 223 g/mol. The van der Waals surface area contributed by atoms with Gasteiger partial charge < -0.3 is 0 Å². The molecule has 1 nitrogen and oxygen atoms in total. The van der Waals surface area contributed by atoms with E-state index in [4.69, 9.17) is 5.26 Å². The third kappa shape index (κ3) is 3.24. The van der Waals surface area contributed by atoms with Crippen molar-refractivity contribution < 1.29 is 4.39 Å². The molecule has 0 aliphatic heterocycles. The summed E-state index contributed by atoms with van der Waals surface area (Å²) in [6.07, 6.45) is 0.930. The van der Waals surface area contributed by atoms with Gasteiger partial charge in [0.2, 0.25) is 0 Å². The van der Waals surface area contributed by atoms with Crippen molar-refractivity contribution in [2.24, 2.45) is 5.92 Å². The summed E-state index contributed by atoms with van der Waals surface area (Å²) in [6, 6.07) is 8.81. The van der Waals surface area contributed by atoms with E-state index in [1.807, 2.05) is 13.8 Å². The Kier molecular flexibility index (Phi) is 4.64. The molecule has 1 aromatic rings. The van der Waals surface area contributed by atoms with Crippen LogP contribution in [0.3, 0.4) is 0 Å². The Morgan fingerprint density at radius 1 is 1.47 bits per heavy atom. The fourth-order valence-corrected chi connectivity index (χ4v) is 2.25. The SMILES string of the molecule is CCC(C)C(C#N)Sc1ccccc1F. The number of benzene rings is 1. The van der Waals surface area contributed by atoms with E-state index >= 15 is 0 Å². The molecule has 0 aliphatic carbocycles. The lowest BCUT2D eigenvalue weighted by atomic mass is 10.1. The smallest absolute Gasteiger partial charge is 0.136 e. The Labute approximate surface area is 94.3 Å². The number of hydrogen-bond donors (Lipinski definition) is 0. The number of nitriles is 1. The molecule has 0 saturated heterocycles. The van der Waals surface area contributed by atoms with Crippen molar-refractivity contribution in [3.05, 3.63) is 30.1 Å². The molecule has 0 saturated carbocycles. The standard InChI is InChI=1S/C12H14FNS/c1-3-9(2)12(8-14)15-11-7-5-4-6-10(11)13/h4-7,9,12H,3H2,1-2H3. The van der Waals surface area contributed by atoms with Gasteiger partial charge in [-0.25, -0.2) is 4.39 Å².